The summed E-state index contributed by atoms with van der Waals surface area (Å²) in [6.45, 7) is 0. The standard InChI is InChI=1S/C17H14ClN3O4S/c1-25-17(22)15-14(18)16(11-5-3-2-4-6-11)21(20-15)12-7-9-13(10-8-12)26(19,23)24/h2-10H,1H3,(H2,19,23,24). The third-order valence-corrected chi connectivity index (χ3v) is 4.95. The third-order valence-electron chi connectivity index (χ3n) is 3.66. The summed E-state index contributed by atoms with van der Waals surface area (Å²) in [5.74, 6) is -0.674. The Morgan fingerprint density at radius 2 is 1.73 bits per heavy atom. The molecule has 26 heavy (non-hydrogen) atoms. The van der Waals surface area contributed by atoms with E-state index < -0.39 is 16.0 Å². The quantitative estimate of drug-likeness (QED) is 0.688. The number of rotatable bonds is 4. The number of esters is 1. The summed E-state index contributed by atoms with van der Waals surface area (Å²) in [5.41, 5.74) is 1.68. The number of nitrogens with two attached hydrogens (primary N) is 1. The first-order chi connectivity index (χ1) is 12.3. The Balaban J connectivity index is 2.22. The molecule has 0 saturated carbocycles. The molecule has 3 rings (SSSR count). The molecule has 9 heteroatoms. The highest BCUT2D eigenvalue weighted by Gasteiger charge is 2.24. The first kappa shape index (κ1) is 18.1. The van der Waals surface area contributed by atoms with E-state index in [-0.39, 0.29) is 15.6 Å². The number of carbonyl (C=O) groups excluding carboxylic acids is 1. The SMILES string of the molecule is COC(=O)c1nn(-c2ccc(S(N)(=O)=O)cc2)c(-c2ccccc2)c1Cl. The molecule has 0 aliphatic carbocycles. The van der Waals surface area contributed by atoms with E-state index in [0.29, 0.717) is 11.4 Å². The van der Waals surface area contributed by atoms with Crippen molar-refractivity contribution in [2.45, 2.75) is 4.90 Å². The molecule has 1 heterocycles. The van der Waals surface area contributed by atoms with E-state index in [2.05, 4.69) is 5.10 Å². The van der Waals surface area contributed by atoms with Crippen molar-refractivity contribution in [1.82, 2.24) is 9.78 Å². The minimum absolute atomic E-state index is 0.0334. The number of halogens is 1. The van der Waals surface area contributed by atoms with Crippen molar-refractivity contribution in [2.24, 2.45) is 5.14 Å². The zero-order valence-electron chi connectivity index (χ0n) is 13.6. The van der Waals surface area contributed by atoms with Gasteiger partial charge < -0.3 is 4.74 Å². The van der Waals surface area contributed by atoms with Gasteiger partial charge in [-0.15, -0.1) is 0 Å². The maximum Gasteiger partial charge on any atom is 0.360 e. The van der Waals surface area contributed by atoms with Gasteiger partial charge in [0.2, 0.25) is 10.0 Å². The highest BCUT2D eigenvalue weighted by Crippen LogP contribution is 2.33. The molecule has 3 aromatic rings. The van der Waals surface area contributed by atoms with Gasteiger partial charge in [0.05, 0.1) is 23.4 Å². The van der Waals surface area contributed by atoms with Crippen LogP contribution in [0, 0.1) is 0 Å². The van der Waals surface area contributed by atoms with Crippen LogP contribution in [-0.2, 0) is 14.8 Å². The van der Waals surface area contributed by atoms with Crippen molar-refractivity contribution in [3.8, 4) is 16.9 Å². The number of ether oxygens (including phenoxy) is 1. The minimum Gasteiger partial charge on any atom is -0.464 e. The minimum atomic E-state index is -3.81. The number of nitrogens with zero attached hydrogens (tertiary/aromatic N) is 2. The molecule has 0 amide bonds. The number of carbonyl (C=O) groups is 1. The first-order valence-electron chi connectivity index (χ1n) is 7.38. The molecular weight excluding hydrogens is 378 g/mol. The Hall–Kier alpha value is -2.68. The van der Waals surface area contributed by atoms with Gasteiger partial charge in [0, 0.05) is 5.56 Å². The third kappa shape index (κ3) is 3.34. The molecular formula is C17H14ClN3O4S. The normalized spacial score (nSPS) is 11.3. The molecule has 0 radical (unpaired) electrons. The van der Waals surface area contributed by atoms with E-state index in [1.54, 1.807) is 0 Å². The molecule has 134 valence electrons. The van der Waals surface area contributed by atoms with Crippen molar-refractivity contribution in [2.75, 3.05) is 7.11 Å². The van der Waals surface area contributed by atoms with Gasteiger partial charge in [0.1, 0.15) is 5.02 Å². The van der Waals surface area contributed by atoms with Crippen LogP contribution in [0.1, 0.15) is 10.5 Å². The number of hydrogen-bond acceptors (Lipinski definition) is 5. The Labute approximate surface area is 155 Å². The molecule has 0 aliphatic heterocycles. The topological polar surface area (TPSA) is 104 Å². The second-order valence-corrected chi connectivity index (χ2v) is 7.26. The van der Waals surface area contributed by atoms with E-state index in [1.807, 2.05) is 30.3 Å². The zero-order valence-corrected chi connectivity index (χ0v) is 15.2. The average molecular weight is 392 g/mol. The Morgan fingerprint density at radius 1 is 1.12 bits per heavy atom. The van der Waals surface area contributed by atoms with Crippen molar-refractivity contribution < 1.29 is 17.9 Å². The number of primary sulfonamides is 1. The molecule has 1 aromatic heterocycles. The maximum atomic E-state index is 12.0. The van der Waals surface area contributed by atoms with E-state index in [1.165, 1.54) is 36.1 Å². The lowest BCUT2D eigenvalue weighted by atomic mass is 10.1. The molecule has 2 N–H and O–H groups in total. The molecule has 0 bridgehead atoms. The number of methoxy groups -OCH3 is 1. The van der Waals surface area contributed by atoms with Crippen LogP contribution in [0.15, 0.2) is 59.5 Å². The van der Waals surface area contributed by atoms with Gasteiger partial charge in [0.25, 0.3) is 0 Å². The summed E-state index contributed by atoms with van der Waals surface area (Å²) in [4.78, 5) is 11.9. The van der Waals surface area contributed by atoms with Crippen LogP contribution in [0.3, 0.4) is 0 Å². The summed E-state index contributed by atoms with van der Waals surface area (Å²) in [6.07, 6.45) is 0. The van der Waals surface area contributed by atoms with Gasteiger partial charge in [-0.25, -0.2) is 23.0 Å². The fourth-order valence-electron chi connectivity index (χ4n) is 2.44. The summed E-state index contributed by atoms with van der Waals surface area (Å²) in [7, 11) is -2.58. The predicted octanol–water partition coefficient (Wildman–Crippen LogP) is 2.63. The number of aromatic nitrogens is 2. The fraction of sp³-hybridized carbons (Fsp3) is 0.0588. The van der Waals surface area contributed by atoms with Crippen LogP contribution in [-0.4, -0.2) is 31.3 Å². The molecule has 2 aromatic carbocycles. The summed E-state index contributed by atoms with van der Waals surface area (Å²) in [5, 5.41) is 9.51. The molecule has 0 fully saturated rings. The molecule has 0 atom stereocenters. The van der Waals surface area contributed by atoms with Crippen LogP contribution < -0.4 is 5.14 Å². The summed E-state index contributed by atoms with van der Waals surface area (Å²) >= 11 is 6.39. The van der Waals surface area contributed by atoms with Crippen molar-refractivity contribution in [3.05, 3.63) is 65.3 Å². The lowest BCUT2D eigenvalue weighted by Crippen LogP contribution is -2.12. The second-order valence-electron chi connectivity index (χ2n) is 5.32. The van der Waals surface area contributed by atoms with Gasteiger partial charge >= 0.3 is 5.97 Å². The average Bonchev–Trinajstić information content (AvgIpc) is 2.98. The van der Waals surface area contributed by atoms with Crippen molar-refractivity contribution in [1.29, 1.82) is 0 Å². The molecule has 0 spiro atoms. The smallest absolute Gasteiger partial charge is 0.360 e. The fourth-order valence-corrected chi connectivity index (χ4v) is 3.25. The van der Waals surface area contributed by atoms with Crippen LogP contribution in [0.4, 0.5) is 0 Å². The predicted molar refractivity (Wildman–Crippen MR) is 96.7 cm³/mol. The number of sulfonamides is 1. The number of hydrogen-bond donors (Lipinski definition) is 1. The highest BCUT2D eigenvalue weighted by atomic mass is 35.5. The Bertz CT molecular complexity index is 1060. The van der Waals surface area contributed by atoms with Gasteiger partial charge in [0.15, 0.2) is 5.69 Å². The summed E-state index contributed by atoms with van der Waals surface area (Å²) < 4.78 is 29.0. The number of benzene rings is 2. The van der Waals surface area contributed by atoms with Gasteiger partial charge in [-0.2, -0.15) is 5.10 Å². The van der Waals surface area contributed by atoms with Crippen molar-refractivity contribution in [3.63, 3.8) is 0 Å². The van der Waals surface area contributed by atoms with Gasteiger partial charge in [-0.05, 0) is 24.3 Å². The molecule has 7 nitrogen and oxygen atoms in total. The lowest BCUT2D eigenvalue weighted by molar-refractivity contribution is 0.0593. The maximum absolute atomic E-state index is 12.0. The lowest BCUT2D eigenvalue weighted by Gasteiger charge is -2.08. The Morgan fingerprint density at radius 3 is 2.27 bits per heavy atom. The van der Waals surface area contributed by atoms with Crippen LogP contribution in [0.5, 0.6) is 0 Å². The summed E-state index contributed by atoms with van der Waals surface area (Å²) in [6, 6.07) is 14.9. The van der Waals surface area contributed by atoms with E-state index >= 15 is 0 Å². The van der Waals surface area contributed by atoms with Crippen molar-refractivity contribution >= 4 is 27.6 Å². The van der Waals surface area contributed by atoms with Crippen LogP contribution in [0.25, 0.3) is 16.9 Å². The largest absolute Gasteiger partial charge is 0.464 e. The van der Waals surface area contributed by atoms with E-state index in [0.717, 1.165) is 5.56 Å². The molecule has 0 saturated heterocycles. The highest BCUT2D eigenvalue weighted by molar-refractivity contribution is 7.89. The van der Waals surface area contributed by atoms with E-state index in [4.69, 9.17) is 21.5 Å². The zero-order chi connectivity index (χ0) is 18.9. The van der Waals surface area contributed by atoms with Crippen LogP contribution >= 0.6 is 11.6 Å². The van der Waals surface area contributed by atoms with E-state index in [9.17, 15) is 13.2 Å². The second kappa shape index (κ2) is 6.91. The molecule has 0 unspecified atom stereocenters. The van der Waals surface area contributed by atoms with Crippen LogP contribution in [0.2, 0.25) is 5.02 Å². The first-order valence-corrected chi connectivity index (χ1v) is 9.31. The van der Waals surface area contributed by atoms with Gasteiger partial charge in [-0.1, -0.05) is 41.9 Å². The monoisotopic (exact) mass is 391 g/mol. The molecule has 0 aliphatic rings. The Kier molecular flexibility index (Phi) is 4.82. The van der Waals surface area contributed by atoms with Gasteiger partial charge in [-0.3, -0.25) is 0 Å².